The van der Waals surface area contributed by atoms with Gasteiger partial charge in [-0.15, -0.1) is 11.3 Å². The van der Waals surface area contributed by atoms with Gasteiger partial charge in [0.2, 0.25) is 0 Å². The van der Waals surface area contributed by atoms with Crippen molar-refractivity contribution >= 4 is 17.0 Å². The first-order chi connectivity index (χ1) is 5.89. The van der Waals surface area contributed by atoms with E-state index in [1.807, 2.05) is 11.3 Å². The molecule has 1 aromatic heterocycles. The van der Waals surface area contributed by atoms with Crippen molar-refractivity contribution in [2.24, 2.45) is 0 Å². The maximum absolute atomic E-state index is 3.41. The first-order valence-electron chi connectivity index (χ1n) is 4.75. The van der Waals surface area contributed by atoms with Crippen LogP contribution in [0.2, 0.25) is 0 Å². The smallest absolute Gasteiger partial charge is 0.0453 e. The molecule has 0 bridgehead atoms. The molecule has 0 unspecified atom stereocenters. The first-order valence-corrected chi connectivity index (χ1v) is 5.63. The van der Waals surface area contributed by atoms with E-state index in [9.17, 15) is 0 Å². The molecule has 0 aliphatic rings. The van der Waals surface area contributed by atoms with Crippen LogP contribution < -0.4 is 5.32 Å². The predicted molar refractivity (Wildman–Crippen MR) is 61.8 cm³/mol. The molecule has 1 heterocycles. The zero-order valence-corrected chi connectivity index (χ0v) is 9.96. The second kappa shape index (κ2) is 3.70. The lowest BCUT2D eigenvalue weighted by Crippen LogP contribution is -2.10. The summed E-state index contributed by atoms with van der Waals surface area (Å²) in [6.45, 7) is 11.1. The van der Waals surface area contributed by atoms with E-state index in [2.05, 4.69) is 51.4 Å². The molecule has 2 heteroatoms. The highest BCUT2D eigenvalue weighted by atomic mass is 32.1. The molecular formula is C11H19NS. The van der Waals surface area contributed by atoms with Crippen molar-refractivity contribution in [1.82, 2.24) is 0 Å². The molecule has 0 aliphatic carbocycles. The van der Waals surface area contributed by atoms with Gasteiger partial charge in [0.1, 0.15) is 0 Å². The normalized spacial score (nSPS) is 12.2. The second-order valence-electron chi connectivity index (χ2n) is 4.75. The molecule has 0 fully saturated rings. The van der Waals surface area contributed by atoms with Crippen molar-refractivity contribution in [3.8, 4) is 0 Å². The maximum atomic E-state index is 3.41. The fourth-order valence-corrected chi connectivity index (χ4v) is 2.08. The van der Waals surface area contributed by atoms with Gasteiger partial charge in [-0.05, 0) is 25.3 Å². The van der Waals surface area contributed by atoms with Gasteiger partial charge in [-0.25, -0.2) is 0 Å². The highest BCUT2D eigenvalue weighted by Crippen LogP contribution is 2.30. The molecule has 0 saturated carbocycles. The molecule has 1 rings (SSSR count). The molecule has 13 heavy (non-hydrogen) atoms. The summed E-state index contributed by atoms with van der Waals surface area (Å²) in [6.07, 6.45) is 0. The zero-order valence-electron chi connectivity index (χ0n) is 9.14. The van der Waals surface area contributed by atoms with Crippen LogP contribution >= 0.6 is 11.3 Å². The van der Waals surface area contributed by atoms with E-state index >= 15 is 0 Å². The van der Waals surface area contributed by atoms with Crippen LogP contribution in [0.25, 0.3) is 0 Å². The van der Waals surface area contributed by atoms with E-state index in [0.717, 1.165) is 0 Å². The lowest BCUT2D eigenvalue weighted by atomic mass is 9.95. The summed E-state index contributed by atoms with van der Waals surface area (Å²) in [4.78, 5) is 1.44. The van der Waals surface area contributed by atoms with Crippen LogP contribution in [-0.4, -0.2) is 6.04 Å². The van der Waals surface area contributed by atoms with Crippen LogP contribution in [0.4, 0.5) is 5.69 Å². The Bertz CT molecular complexity index is 268. The van der Waals surface area contributed by atoms with E-state index in [1.165, 1.54) is 10.6 Å². The van der Waals surface area contributed by atoms with E-state index in [0.29, 0.717) is 6.04 Å². The van der Waals surface area contributed by atoms with Gasteiger partial charge in [-0.1, -0.05) is 20.8 Å². The Morgan fingerprint density at radius 3 is 2.31 bits per heavy atom. The molecule has 1 nitrogen and oxygen atoms in total. The monoisotopic (exact) mass is 197 g/mol. The summed E-state index contributed by atoms with van der Waals surface area (Å²) < 4.78 is 0. The zero-order chi connectivity index (χ0) is 10.1. The van der Waals surface area contributed by atoms with Crippen molar-refractivity contribution in [3.63, 3.8) is 0 Å². The fraction of sp³-hybridized carbons (Fsp3) is 0.636. The third-order valence-corrected chi connectivity index (χ3v) is 3.15. The molecule has 0 saturated heterocycles. The number of anilines is 1. The van der Waals surface area contributed by atoms with Crippen LogP contribution in [0.3, 0.4) is 0 Å². The molecule has 0 aromatic carbocycles. The van der Waals surface area contributed by atoms with Crippen LogP contribution in [0, 0.1) is 0 Å². The van der Waals surface area contributed by atoms with Gasteiger partial charge in [0.05, 0.1) is 0 Å². The second-order valence-corrected chi connectivity index (χ2v) is 5.66. The van der Waals surface area contributed by atoms with Crippen molar-refractivity contribution in [3.05, 3.63) is 16.3 Å². The highest BCUT2D eigenvalue weighted by Gasteiger charge is 2.15. The summed E-state index contributed by atoms with van der Waals surface area (Å²) in [6, 6.07) is 2.77. The third kappa shape index (κ3) is 3.03. The molecule has 0 aliphatic heterocycles. The molecule has 74 valence electrons. The topological polar surface area (TPSA) is 12.0 Å². The first kappa shape index (κ1) is 10.6. The minimum atomic E-state index is 0.279. The number of hydrogen-bond acceptors (Lipinski definition) is 2. The Morgan fingerprint density at radius 2 is 1.92 bits per heavy atom. The van der Waals surface area contributed by atoms with Gasteiger partial charge >= 0.3 is 0 Å². The molecule has 0 radical (unpaired) electrons. The van der Waals surface area contributed by atoms with Crippen molar-refractivity contribution in [1.29, 1.82) is 0 Å². The molecular weight excluding hydrogens is 178 g/mol. The molecule has 0 spiro atoms. The standard InChI is InChI=1S/C11H19NS/c1-8(2)12-9-6-10(13-7-9)11(3,4)5/h6-8,12H,1-5H3. The summed E-state index contributed by atoms with van der Waals surface area (Å²) in [5.41, 5.74) is 1.53. The molecule has 1 aromatic rings. The minimum Gasteiger partial charge on any atom is -0.382 e. The van der Waals surface area contributed by atoms with Gasteiger partial charge in [0.15, 0.2) is 0 Å². The summed E-state index contributed by atoms with van der Waals surface area (Å²) in [7, 11) is 0. The van der Waals surface area contributed by atoms with Gasteiger partial charge in [-0.3, -0.25) is 0 Å². The van der Waals surface area contributed by atoms with Crippen molar-refractivity contribution in [2.45, 2.75) is 46.1 Å². The Hall–Kier alpha value is -0.500. The van der Waals surface area contributed by atoms with E-state index < -0.39 is 0 Å². The quantitative estimate of drug-likeness (QED) is 0.759. The van der Waals surface area contributed by atoms with Crippen molar-refractivity contribution in [2.75, 3.05) is 5.32 Å². The van der Waals surface area contributed by atoms with Crippen LogP contribution in [-0.2, 0) is 5.41 Å². The fourth-order valence-electron chi connectivity index (χ4n) is 1.14. The van der Waals surface area contributed by atoms with Crippen LogP contribution in [0.5, 0.6) is 0 Å². The highest BCUT2D eigenvalue weighted by molar-refractivity contribution is 7.10. The molecule has 0 amide bonds. The Morgan fingerprint density at radius 1 is 1.31 bits per heavy atom. The molecule has 1 N–H and O–H groups in total. The lowest BCUT2D eigenvalue weighted by Gasteiger charge is -2.15. The minimum absolute atomic E-state index is 0.279. The van der Waals surface area contributed by atoms with Gasteiger partial charge in [0, 0.05) is 22.0 Å². The van der Waals surface area contributed by atoms with Crippen molar-refractivity contribution < 1.29 is 0 Å². The average molecular weight is 197 g/mol. The Kier molecular flexibility index (Phi) is 3.01. The van der Waals surface area contributed by atoms with Gasteiger partial charge < -0.3 is 5.32 Å². The Balaban J connectivity index is 2.75. The summed E-state index contributed by atoms with van der Waals surface area (Å²) >= 11 is 1.84. The van der Waals surface area contributed by atoms with Crippen LogP contribution in [0.1, 0.15) is 39.5 Å². The predicted octanol–water partition coefficient (Wildman–Crippen LogP) is 3.87. The van der Waals surface area contributed by atoms with E-state index in [-0.39, 0.29) is 5.41 Å². The third-order valence-electron chi connectivity index (χ3n) is 1.79. The lowest BCUT2D eigenvalue weighted by molar-refractivity contribution is 0.604. The number of rotatable bonds is 2. The van der Waals surface area contributed by atoms with Gasteiger partial charge in [-0.2, -0.15) is 0 Å². The van der Waals surface area contributed by atoms with Gasteiger partial charge in [0.25, 0.3) is 0 Å². The van der Waals surface area contributed by atoms with Crippen LogP contribution in [0.15, 0.2) is 11.4 Å². The number of hydrogen-bond donors (Lipinski definition) is 1. The maximum Gasteiger partial charge on any atom is 0.0453 e. The van der Waals surface area contributed by atoms with E-state index in [4.69, 9.17) is 0 Å². The summed E-state index contributed by atoms with van der Waals surface area (Å²) in [5.74, 6) is 0. The number of thiophene rings is 1. The summed E-state index contributed by atoms with van der Waals surface area (Å²) in [5, 5.41) is 5.60. The average Bonchev–Trinajstić information content (AvgIpc) is 2.32. The van der Waals surface area contributed by atoms with E-state index in [1.54, 1.807) is 0 Å². The molecule has 0 atom stereocenters. The number of nitrogens with one attached hydrogen (secondary N) is 1. The SMILES string of the molecule is CC(C)Nc1csc(C(C)(C)C)c1. The Labute approximate surface area is 85.2 Å². The largest absolute Gasteiger partial charge is 0.382 e.